The van der Waals surface area contributed by atoms with E-state index < -0.39 is 11.9 Å². The van der Waals surface area contributed by atoms with Gasteiger partial charge >= 0.3 is 0 Å². The van der Waals surface area contributed by atoms with E-state index in [0.29, 0.717) is 12.0 Å². The Balaban J connectivity index is 2.04. The Labute approximate surface area is 126 Å². The summed E-state index contributed by atoms with van der Waals surface area (Å²) in [7, 11) is 0. The lowest BCUT2D eigenvalue weighted by atomic mass is 10.0. The fourth-order valence-corrected chi connectivity index (χ4v) is 2.75. The number of rotatable bonds is 5. The van der Waals surface area contributed by atoms with Crippen molar-refractivity contribution in [1.82, 2.24) is 5.32 Å². The molecule has 0 spiro atoms. The summed E-state index contributed by atoms with van der Waals surface area (Å²) in [5.41, 5.74) is 6.07. The van der Waals surface area contributed by atoms with Crippen LogP contribution in [0.25, 0.3) is 0 Å². The Bertz CT molecular complexity index is 542. The number of hydrogen-bond acceptors (Lipinski definition) is 2. The van der Waals surface area contributed by atoms with Crippen LogP contribution in [0.1, 0.15) is 30.9 Å². The zero-order valence-electron chi connectivity index (χ0n) is 11.0. The van der Waals surface area contributed by atoms with Gasteiger partial charge in [0.05, 0.1) is 0 Å². The van der Waals surface area contributed by atoms with Crippen molar-refractivity contribution in [1.29, 1.82) is 0 Å². The normalized spacial score (nSPS) is 18.8. The van der Waals surface area contributed by atoms with Crippen molar-refractivity contribution < 1.29 is 9.59 Å². The Morgan fingerprint density at radius 3 is 2.85 bits per heavy atom. The van der Waals surface area contributed by atoms with Crippen molar-refractivity contribution in [3.63, 3.8) is 0 Å². The Morgan fingerprint density at radius 2 is 2.25 bits per heavy atom. The number of nitrogens with one attached hydrogen (secondary N) is 1. The van der Waals surface area contributed by atoms with E-state index >= 15 is 0 Å². The largest absolute Gasteiger partial charge is 0.368 e. The molecule has 2 atom stereocenters. The Kier molecular flexibility index (Phi) is 4.95. The van der Waals surface area contributed by atoms with Gasteiger partial charge in [0, 0.05) is 10.9 Å². The van der Waals surface area contributed by atoms with Gasteiger partial charge in [-0.2, -0.15) is 0 Å². The predicted octanol–water partition coefficient (Wildman–Crippen LogP) is 2.45. The molecule has 5 heteroatoms. The van der Waals surface area contributed by atoms with Crippen LogP contribution in [0.4, 0.5) is 0 Å². The molecule has 1 aliphatic rings. The third kappa shape index (κ3) is 3.93. The summed E-state index contributed by atoms with van der Waals surface area (Å²) in [6.45, 7) is 0. The molecule has 3 N–H and O–H groups in total. The van der Waals surface area contributed by atoms with Crippen molar-refractivity contribution in [3.05, 3.63) is 46.5 Å². The van der Waals surface area contributed by atoms with Crippen molar-refractivity contribution >= 4 is 27.7 Å². The van der Waals surface area contributed by atoms with Crippen molar-refractivity contribution in [2.24, 2.45) is 11.7 Å². The minimum Gasteiger partial charge on any atom is -0.368 e. The van der Waals surface area contributed by atoms with E-state index in [1.54, 1.807) is 18.2 Å². The molecule has 4 nitrogen and oxygen atoms in total. The molecule has 2 amide bonds. The number of benzene rings is 1. The second-order valence-corrected chi connectivity index (χ2v) is 5.84. The summed E-state index contributed by atoms with van der Waals surface area (Å²) in [4.78, 5) is 23.6. The van der Waals surface area contributed by atoms with Gasteiger partial charge in [-0.3, -0.25) is 9.59 Å². The molecule has 1 aromatic carbocycles. The molecule has 0 aliphatic heterocycles. The fourth-order valence-electron chi connectivity index (χ4n) is 2.33. The fraction of sp³-hybridized carbons (Fsp3) is 0.333. The first-order valence-electron chi connectivity index (χ1n) is 6.57. The smallest absolute Gasteiger partial charge is 0.244 e. The molecule has 106 valence electrons. The van der Waals surface area contributed by atoms with Crippen molar-refractivity contribution in [3.8, 4) is 0 Å². The van der Waals surface area contributed by atoms with E-state index in [4.69, 9.17) is 5.73 Å². The topological polar surface area (TPSA) is 72.2 Å². The quantitative estimate of drug-likeness (QED) is 0.810. The van der Waals surface area contributed by atoms with Gasteiger partial charge in [0.15, 0.2) is 0 Å². The van der Waals surface area contributed by atoms with Crippen LogP contribution >= 0.6 is 15.9 Å². The molecule has 0 saturated heterocycles. The molecule has 0 heterocycles. The van der Waals surface area contributed by atoms with Crippen LogP contribution in [-0.4, -0.2) is 11.8 Å². The van der Waals surface area contributed by atoms with E-state index in [9.17, 15) is 9.59 Å². The number of hydrogen-bond donors (Lipinski definition) is 2. The zero-order valence-corrected chi connectivity index (χ0v) is 12.6. The van der Waals surface area contributed by atoms with Gasteiger partial charge in [0.1, 0.15) is 6.04 Å². The third-order valence-electron chi connectivity index (χ3n) is 3.33. The van der Waals surface area contributed by atoms with E-state index in [-0.39, 0.29) is 11.8 Å². The van der Waals surface area contributed by atoms with Crippen LogP contribution in [0.5, 0.6) is 0 Å². The highest BCUT2D eigenvalue weighted by molar-refractivity contribution is 9.10. The molecule has 0 saturated carbocycles. The number of carbonyl (C=O) groups excluding carboxylic acids is 2. The highest BCUT2D eigenvalue weighted by Crippen LogP contribution is 2.22. The van der Waals surface area contributed by atoms with E-state index in [1.165, 1.54) is 0 Å². The number of primary amides is 1. The van der Waals surface area contributed by atoms with Crippen LogP contribution < -0.4 is 11.1 Å². The molecule has 0 radical (unpaired) electrons. The van der Waals surface area contributed by atoms with Gasteiger partial charge in [-0.1, -0.05) is 40.2 Å². The molecule has 0 unspecified atom stereocenters. The number of carbonyl (C=O) groups is 2. The summed E-state index contributed by atoms with van der Waals surface area (Å²) >= 11 is 3.34. The maximum atomic E-state index is 12.0. The minimum atomic E-state index is -0.787. The third-order valence-corrected chi connectivity index (χ3v) is 3.83. The van der Waals surface area contributed by atoms with Crippen LogP contribution in [0, 0.1) is 5.92 Å². The molecule has 0 fully saturated rings. The molecule has 20 heavy (non-hydrogen) atoms. The van der Waals surface area contributed by atoms with Gasteiger partial charge in [-0.15, -0.1) is 0 Å². The van der Waals surface area contributed by atoms with Gasteiger partial charge in [0.2, 0.25) is 11.8 Å². The molecule has 0 bridgehead atoms. The standard InChI is InChI=1S/C15H17BrN2O2/c16-12-7-3-6-11(9-12)14(15(17)20)18-13(19)8-10-4-1-2-5-10/h1,3-4,6-7,9-10,14H,2,5,8H2,(H2,17,20)(H,18,19)/t10-,14+/m0/s1. The zero-order chi connectivity index (χ0) is 14.5. The van der Waals surface area contributed by atoms with E-state index in [2.05, 4.69) is 33.4 Å². The first kappa shape index (κ1) is 14.8. The summed E-state index contributed by atoms with van der Waals surface area (Å²) < 4.78 is 0.842. The monoisotopic (exact) mass is 336 g/mol. The lowest BCUT2D eigenvalue weighted by Gasteiger charge is -2.17. The summed E-state index contributed by atoms with van der Waals surface area (Å²) in [6, 6.07) is 6.43. The average molecular weight is 337 g/mol. The first-order valence-corrected chi connectivity index (χ1v) is 7.36. The average Bonchev–Trinajstić information content (AvgIpc) is 2.88. The highest BCUT2D eigenvalue weighted by atomic mass is 79.9. The van der Waals surface area contributed by atoms with E-state index in [1.807, 2.05) is 6.07 Å². The van der Waals surface area contributed by atoms with Crippen molar-refractivity contribution in [2.45, 2.75) is 25.3 Å². The minimum absolute atomic E-state index is 0.148. The lowest BCUT2D eigenvalue weighted by molar-refractivity contribution is -0.127. The summed E-state index contributed by atoms with van der Waals surface area (Å²) in [6.07, 6.45) is 6.54. The SMILES string of the molecule is NC(=O)[C@H](NC(=O)C[C@H]1C=CCC1)c1cccc(Br)c1. The van der Waals surface area contributed by atoms with Crippen LogP contribution in [0.15, 0.2) is 40.9 Å². The molecule has 0 aromatic heterocycles. The second kappa shape index (κ2) is 6.70. The number of halogens is 1. The molecular weight excluding hydrogens is 320 g/mol. The second-order valence-electron chi connectivity index (χ2n) is 4.93. The Hall–Kier alpha value is -1.62. The van der Waals surface area contributed by atoms with E-state index in [0.717, 1.165) is 17.3 Å². The van der Waals surface area contributed by atoms with Crippen LogP contribution in [0.2, 0.25) is 0 Å². The van der Waals surface area contributed by atoms with Gasteiger partial charge in [0.25, 0.3) is 0 Å². The highest BCUT2D eigenvalue weighted by Gasteiger charge is 2.22. The summed E-state index contributed by atoms with van der Waals surface area (Å²) in [5, 5.41) is 2.72. The van der Waals surface area contributed by atoms with Gasteiger partial charge in [-0.25, -0.2) is 0 Å². The Morgan fingerprint density at radius 1 is 1.45 bits per heavy atom. The predicted molar refractivity (Wildman–Crippen MR) is 80.7 cm³/mol. The maximum Gasteiger partial charge on any atom is 0.244 e. The number of allylic oxidation sites excluding steroid dienone is 2. The maximum absolute atomic E-state index is 12.0. The van der Waals surface area contributed by atoms with Gasteiger partial charge in [-0.05, 0) is 36.5 Å². The molecule has 2 rings (SSSR count). The van der Waals surface area contributed by atoms with Crippen molar-refractivity contribution in [2.75, 3.05) is 0 Å². The lowest BCUT2D eigenvalue weighted by Crippen LogP contribution is -2.38. The van der Waals surface area contributed by atoms with Crippen LogP contribution in [-0.2, 0) is 9.59 Å². The first-order chi connectivity index (χ1) is 9.56. The molecular formula is C15H17BrN2O2. The van der Waals surface area contributed by atoms with Crippen LogP contribution in [0.3, 0.4) is 0 Å². The molecule has 1 aliphatic carbocycles. The van der Waals surface area contributed by atoms with Gasteiger partial charge < -0.3 is 11.1 Å². The number of nitrogens with two attached hydrogens (primary N) is 1. The summed E-state index contributed by atoms with van der Waals surface area (Å²) in [5.74, 6) is -0.435. The number of amides is 2. The molecule has 1 aromatic rings.